The number of nitrogens with one attached hydrogen (secondary N) is 2. The number of nitrogens with zero attached hydrogens (tertiary/aromatic N) is 1. The number of fused-ring (bicyclic) bond motifs is 1. The average Bonchev–Trinajstić information content (AvgIpc) is 2.82. The van der Waals surface area contributed by atoms with Crippen molar-refractivity contribution in [1.82, 2.24) is 15.3 Å². The molecule has 5 nitrogen and oxygen atoms in total. The van der Waals surface area contributed by atoms with E-state index in [1.807, 2.05) is 13.8 Å². The summed E-state index contributed by atoms with van der Waals surface area (Å²) in [5.41, 5.74) is 1.08. The van der Waals surface area contributed by atoms with Gasteiger partial charge in [-0.25, -0.2) is 4.98 Å². The van der Waals surface area contributed by atoms with Crippen molar-refractivity contribution in [1.29, 1.82) is 0 Å². The van der Waals surface area contributed by atoms with E-state index >= 15 is 0 Å². The van der Waals surface area contributed by atoms with Crippen LogP contribution in [0.1, 0.15) is 50.4 Å². The molecule has 0 bridgehead atoms. The fraction of sp³-hybridized carbons (Fsp3) is 0.611. The summed E-state index contributed by atoms with van der Waals surface area (Å²) in [5, 5.41) is 3.60. The van der Waals surface area contributed by atoms with Gasteiger partial charge in [-0.05, 0) is 38.7 Å². The molecule has 1 amide bonds. The summed E-state index contributed by atoms with van der Waals surface area (Å²) >= 11 is 3.05. The van der Waals surface area contributed by atoms with E-state index in [1.165, 1.54) is 16.6 Å². The molecule has 0 unspecified atom stereocenters. The van der Waals surface area contributed by atoms with Crippen molar-refractivity contribution >= 4 is 39.2 Å². The van der Waals surface area contributed by atoms with Gasteiger partial charge < -0.3 is 10.3 Å². The second-order valence-corrected chi connectivity index (χ2v) is 8.95. The number of aryl methyl sites for hydroxylation is 1. The van der Waals surface area contributed by atoms with Crippen molar-refractivity contribution in [2.24, 2.45) is 5.92 Å². The standard InChI is InChI=1S/C18H27N3O2S2/c1-6-11(4)7-13-12(5)25-18-16(13)17(23)20-14(21-18)8-24-9-15(22)19-10(2)3/h10-11H,6-9H2,1-5H3,(H,19,22)(H,20,21,23)/t11-/m0/s1. The van der Waals surface area contributed by atoms with E-state index < -0.39 is 0 Å². The van der Waals surface area contributed by atoms with Crippen molar-refractivity contribution in [2.45, 2.75) is 59.3 Å². The molecule has 138 valence electrons. The SMILES string of the molecule is CC[C@H](C)Cc1c(C)sc2nc(CSCC(=O)NC(C)C)[nH]c(=O)c12. The van der Waals surface area contributed by atoms with Crippen LogP contribution in [0.3, 0.4) is 0 Å². The zero-order chi connectivity index (χ0) is 18.6. The van der Waals surface area contributed by atoms with Gasteiger partial charge in [-0.15, -0.1) is 23.1 Å². The molecule has 0 saturated carbocycles. The number of carbonyl (C=O) groups excluding carboxylic acids is 1. The number of aromatic amines is 1. The van der Waals surface area contributed by atoms with E-state index in [-0.39, 0.29) is 17.5 Å². The van der Waals surface area contributed by atoms with Gasteiger partial charge in [0.15, 0.2) is 0 Å². The molecule has 0 saturated heterocycles. The monoisotopic (exact) mass is 381 g/mol. The lowest BCUT2D eigenvalue weighted by atomic mass is 9.98. The van der Waals surface area contributed by atoms with E-state index in [2.05, 4.69) is 36.1 Å². The molecule has 0 aliphatic rings. The quantitative estimate of drug-likeness (QED) is 0.732. The van der Waals surface area contributed by atoms with Gasteiger partial charge in [0.1, 0.15) is 10.7 Å². The summed E-state index contributed by atoms with van der Waals surface area (Å²) in [7, 11) is 0. The summed E-state index contributed by atoms with van der Waals surface area (Å²) in [6.45, 7) is 10.3. The Morgan fingerprint density at radius 1 is 1.36 bits per heavy atom. The Hall–Kier alpha value is -1.34. The van der Waals surface area contributed by atoms with E-state index in [0.29, 0.717) is 23.2 Å². The number of thioether (sulfide) groups is 1. The van der Waals surface area contributed by atoms with E-state index in [1.54, 1.807) is 11.3 Å². The number of carbonyl (C=O) groups is 1. The third-order valence-corrected chi connectivity index (χ3v) is 6.07. The Balaban J connectivity index is 2.14. The lowest BCUT2D eigenvalue weighted by molar-refractivity contribution is -0.119. The molecular formula is C18H27N3O2S2. The van der Waals surface area contributed by atoms with E-state index in [4.69, 9.17) is 0 Å². The van der Waals surface area contributed by atoms with Crippen molar-refractivity contribution in [3.8, 4) is 0 Å². The zero-order valence-corrected chi connectivity index (χ0v) is 17.2. The molecule has 25 heavy (non-hydrogen) atoms. The minimum atomic E-state index is -0.0603. The first-order valence-electron chi connectivity index (χ1n) is 8.70. The third-order valence-electron chi connectivity index (χ3n) is 4.08. The van der Waals surface area contributed by atoms with Crippen molar-refractivity contribution in [3.63, 3.8) is 0 Å². The van der Waals surface area contributed by atoms with Crippen LogP contribution >= 0.6 is 23.1 Å². The maximum absolute atomic E-state index is 12.6. The van der Waals surface area contributed by atoms with Gasteiger partial charge >= 0.3 is 0 Å². The summed E-state index contributed by atoms with van der Waals surface area (Å²) in [6, 6.07) is 0.139. The number of rotatable bonds is 8. The molecular weight excluding hydrogens is 354 g/mol. The van der Waals surface area contributed by atoms with Gasteiger partial charge in [-0.1, -0.05) is 20.3 Å². The van der Waals surface area contributed by atoms with Gasteiger partial charge in [-0.2, -0.15) is 0 Å². The molecule has 0 aliphatic carbocycles. The molecule has 0 spiro atoms. The molecule has 2 heterocycles. The summed E-state index contributed by atoms with van der Waals surface area (Å²) in [5.74, 6) is 2.07. The van der Waals surface area contributed by atoms with Gasteiger partial charge in [0.25, 0.3) is 5.56 Å². The van der Waals surface area contributed by atoms with Gasteiger partial charge in [-0.3, -0.25) is 9.59 Å². The van der Waals surface area contributed by atoms with Crippen molar-refractivity contribution in [3.05, 3.63) is 26.6 Å². The van der Waals surface area contributed by atoms with Crippen molar-refractivity contribution in [2.75, 3.05) is 5.75 Å². The predicted octanol–water partition coefficient (Wildman–Crippen LogP) is 3.64. The highest BCUT2D eigenvalue weighted by atomic mass is 32.2. The Morgan fingerprint density at radius 3 is 2.72 bits per heavy atom. The average molecular weight is 382 g/mol. The lowest BCUT2D eigenvalue weighted by Gasteiger charge is -2.08. The van der Waals surface area contributed by atoms with Crippen LogP contribution in [0.5, 0.6) is 0 Å². The van der Waals surface area contributed by atoms with Crippen LogP contribution in [0.25, 0.3) is 10.2 Å². The Morgan fingerprint density at radius 2 is 2.08 bits per heavy atom. The van der Waals surface area contributed by atoms with Crippen LogP contribution in [0.15, 0.2) is 4.79 Å². The molecule has 7 heteroatoms. The van der Waals surface area contributed by atoms with Crippen LogP contribution in [0.4, 0.5) is 0 Å². The molecule has 2 aromatic heterocycles. The summed E-state index contributed by atoms with van der Waals surface area (Å²) in [6.07, 6.45) is 2.01. The molecule has 2 aromatic rings. The van der Waals surface area contributed by atoms with Gasteiger partial charge in [0, 0.05) is 10.9 Å². The Kier molecular flexibility index (Phi) is 7.07. The molecule has 1 atom stereocenters. The summed E-state index contributed by atoms with van der Waals surface area (Å²) in [4.78, 5) is 33.7. The molecule has 0 fully saturated rings. The number of amides is 1. The fourth-order valence-corrected chi connectivity index (χ4v) is 4.40. The van der Waals surface area contributed by atoms with Gasteiger partial charge in [0.2, 0.25) is 5.91 Å². The van der Waals surface area contributed by atoms with Crippen LogP contribution in [-0.4, -0.2) is 27.7 Å². The highest BCUT2D eigenvalue weighted by Crippen LogP contribution is 2.29. The van der Waals surface area contributed by atoms with Crippen LogP contribution in [-0.2, 0) is 17.0 Å². The minimum absolute atomic E-state index is 0.00577. The highest BCUT2D eigenvalue weighted by Gasteiger charge is 2.17. The van der Waals surface area contributed by atoms with Gasteiger partial charge in [0.05, 0.1) is 16.9 Å². The smallest absolute Gasteiger partial charge is 0.259 e. The maximum atomic E-state index is 12.6. The molecule has 2 rings (SSSR count). The first-order valence-corrected chi connectivity index (χ1v) is 10.7. The topological polar surface area (TPSA) is 74.8 Å². The highest BCUT2D eigenvalue weighted by molar-refractivity contribution is 7.99. The zero-order valence-electron chi connectivity index (χ0n) is 15.6. The van der Waals surface area contributed by atoms with E-state index in [9.17, 15) is 9.59 Å². The number of H-pyrrole nitrogens is 1. The third kappa shape index (κ3) is 5.31. The minimum Gasteiger partial charge on any atom is -0.353 e. The first-order chi connectivity index (χ1) is 11.8. The Labute approximate surface area is 157 Å². The number of aromatic nitrogens is 2. The lowest BCUT2D eigenvalue weighted by Crippen LogP contribution is -2.31. The number of thiophene rings is 1. The maximum Gasteiger partial charge on any atom is 0.259 e. The molecule has 0 radical (unpaired) electrons. The van der Waals surface area contributed by atoms with Crippen LogP contribution in [0.2, 0.25) is 0 Å². The number of hydrogen-bond acceptors (Lipinski definition) is 5. The normalized spacial score (nSPS) is 12.7. The number of hydrogen-bond donors (Lipinski definition) is 2. The van der Waals surface area contributed by atoms with Crippen LogP contribution < -0.4 is 10.9 Å². The van der Waals surface area contributed by atoms with Crippen molar-refractivity contribution < 1.29 is 4.79 Å². The summed E-state index contributed by atoms with van der Waals surface area (Å²) < 4.78 is 0. The van der Waals surface area contributed by atoms with E-state index in [0.717, 1.165) is 28.6 Å². The predicted molar refractivity (Wildman–Crippen MR) is 108 cm³/mol. The fourth-order valence-electron chi connectivity index (χ4n) is 2.63. The second kappa shape index (κ2) is 8.85. The largest absolute Gasteiger partial charge is 0.353 e. The molecule has 0 aliphatic heterocycles. The molecule has 2 N–H and O–H groups in total. The second-order valence-electron chi connectivity index (χ2n) is 6.76. The molecule has 0 aromatic carbocycles. The first kappa shape index (κ1) is 20.0. The Bertz CT molecular complexity index is 795. The van der Waals surface area contributed by atoms with Crippen LogP contribution in [0, 0.1) is 12.8 Å².